The van der Waals surface area contributed by atoms with Crippen molar-refractivity contribution in [2.45, 2.75) is 0 Å². The maximum Gasteiger partial charge on any atom is 0.322 e. The van der Waals surface area contributed by atoms with Crippen molar-refractivity contribution in [3.05, 3.63) is 0 Å². The van der Waals surface area contributed by atoms with Gasteiger partial charge in [-0.25, -0.2) is 0 Å². The molecule has 6 heavy (non-hydrogen) atoms. The van der Waals surface area contributed by atoms with Crippen LogP contribution in [-0.4, -0.2) is 21.9 Å². The molecule has 0 aliphatic heterocycles. The summed E-state index contributed by atoms with van der Waals surface area (Å²) in [6.45, 7) is 0.854. The van der Waals surface area contributed by atoms with Crippen LogP contribution in [0.4, 0.5) is 0 Å². The molecule has 0 unspecified atom stereocenters. The van der Waals surface area contributed by atoms with Gasteiger partial charge in [0.05, 0.1) is 0 Å². The van der Waals surface area contributed by atoms with Crippen LogP contribution in [0.3, 0.4) is 0 Å². The molecule has 0 saturated carbocycles. The number of rotatable bonds is 0. The molecule has 4 nitrogen and oxygen atoms in total. The number of hydrogen-bond acceptors (Lipinski definition) is 1. The van der Waals surface area contributed by atoms with Gasteiger partial charge >= 0.3 is 7.60 Å². The predicted octanol–water partition coefficient (Wildman–Crippen LogP) is -1.03. The molecule has 40 valence electrons. The second kappa shape index (κ2) is 2.31. The van der Waals surface area contributed by atoms with Crippen molar-refractivity contribution in [3.8, 4) is 0 Å². The monoisotopic (exact) mass is 114 g/mol. The third-order valence-electron chi connectivity index (χ3n) is 0. The summed E-state index contributed by atoms with van der Waals surface area (Å²) >= 11 is 0. The summed E-state index contributed by atoms with van der Waals surface area (Å²) in [5.41, 5.74) is 0. The Balaban J connectivity index is 0. The Morgan fingerprint density at radius 3 is 1.50 bits per heavy atom. The second-order valence-electron chi connectivity index (χ2n) is 0.835. The molecule has 0 bridgehead atoms. The highest BCUT2D eigenvalue weighted by Crippen LogP contribution is 2.26. The Labute approximate surface area is 35.3 Å². The molecular weight excluding hydrogens is 107 g/mol. The lowest BCUT2D eigenvalue weighted by Gasteiger charge is -1.84. The van der Waals surface area contributed by atoms with Crippen LogP contribution in [0.2, 0.25) is 0 Å². The van der Waals surface area contributed by atoms with E-state index in [-0.39, 0.29) is 5.48 Å². The van der Waals surface area contributed by atoms with Gasteiger partial charge in [-0.3, -0.25) is 4.57 Å². The molecule has 0 saturated heterocycles. The zero-order valence-electron chi connectivity index (χ0n) is 3.25. The third kappa shape index (κ3) is 3290. The van der Waals surface area contributed by atoms with E-state index in [2.05, 4.69) is 0 Å². The normalized spacial score (nSPS) is 9.83. The van der Waals surface area contributed by atoms with Crippen molar-refractivity contribution in [1.82, 2.24) is 0 Å². The first kappa shape index (κ1) is 9.44. The molecule has 0 radical (unpaired) electrons. The summed E-state index contributed by atoms with van der Waals surface area (Å²) < 4.78 is 9.33. The van der Waals surface area contributed by atoms with Crippen LogP contribution in [0.25, 0.3) is 0 Å². The van der Waals surface area contributed by atoms with E-state index in [1.807, 2.05) is 0 Å². The smallest absolute Gasteiger partial charge is 0.322 e. The van der Waals surface area contributed by atoms with Crippen LogP contribution in [0.15, 0.2) is 0 Å². The molecule has 0 amide bonds. The van der Waals surface area contributed by atoms with E-state index in [9.17, 15) is 4.57 Å². The lowest BCUT2D eigenvalue weighted by Crippen LogP contribution is -1.64. The maximum atomic E-state index is 9.33. The van der Waals surface area contributed by atoms with Gasteiger partial charge in [0, 0.05) is 6.66 Å². The molecule has 0 atom stereocenters. The molecule has 0 fully saturated rings. The Bertz CT molecular complexity index is 53.7. The molecule has 0 rings (SSSR count). The highest BCUT2D eigenvalue weighted by molar-refractivity contribution is 7.50. The molecule has 5 heteroatoms. The molecule has 0 aromatic heterocycles. The molecule has 0 spiro atoms. The Morgan fingerprint density at radius 1 is 1.50 bits per heavy atom. The topological polar surface area (TPSA) is 89.0 Å². The molecule has 0 aromatic carbocycles. The molecular formula is CH7O4P. The van der Waals surface area contributed by atoms with E-state index in [1.54, 1.807) is 0 Å². The van der Waals surface area contributed by atoms with Crippen LogP contribution in [0.1, 0.15) is 0 Å². The first-order valence-electron chi connectivity index (χ1n) is 1.03. The SMILES string of the molecule is CP(=O)(O)O.O. The van der Waals surface area contributed by atoms with Gasteiger partial charge in [0.25, 0.3) is 0 Å². The average Bonchev–Trinajstić information content (AvgIpc) is 0.722. The van der Waals surface area contributed by atoms with Crippen molar-refractivity contribution >= 4 is 7.60 Å². The minimum atomic E-state index is -3.64. The van der Waals surface area contributed by atoms with Crippen LogP contribution in [0, 0.1) is 0 Å². The standard InChI is InChI=1S/CH5O3P.H2O/c1-5(2,3)4;/h1H3,(H2,2,3,4);1H2. The summed E-state index contributed by atoms with van der Waals surface area (Å²) in [7, 11) is -3.64. The number of hydrogen-bond donors (Lipinski definition) is 2. The summed E-state index contributed by atoms with van der Waals surface area (Å²) in [5.74, 6) is 0. The van der Waals surface area contributed by atoms with E-state index in [4.69, 9.17) is 9.79 Å². The zero-order chi connectivity index (χ0) is 4.50. The van der Waals surface area contributed by atoms with E-state index >= 15 is 0 Å². The Morgan fingerprint density at radius 2 is 1.50 bits per heavy atom. The molecule has 4 N–H and O–H groups in total. The van der Waals surface area contributed by atoms with Gasteiger partial charge in [0.1, 0.15) is 0 Å². The largest absolute Gasteiger partial charge is 0.412 e. The second-order valence-corrected chi connectivity index (χ2v) is 2.51. The molecule has 0 aromatic rings. The van der Waals surface area contributed by atoms with E-state index < -0.39 is 7.60 Å². The van der Waals surface area contributed by atoms with Crippen LogP contribution in [-0.2, 0) is 4.57 Å². The minimum absolute atomic E-state index is 0. The van der Waals surface area contributed by atoms with Crippen molar-refractivity contribution in [2.24, 2.45) is 0 Å². The van der Waals surface area contributed by atoms with E-state index in [0.29, 0.717) is 0 Å². The average molecular weight is 114 g/mol. The fraction of sp³-hybridized carbons (Fsp3) is 1.00. The lowest BCUT2D eigenvalue weighted by atomic mass is 12.0. The highest BCUT2D eigenvalue weighted by atomic mass is 31.2. The van der Waals surface area contributed by atoms with Gasteiger partial charge in [-0.05, 0) is 0 Å². The Hall–Kier alpha value is 0.110. The fourth-order valence-corrected chi connectivity index (χ4v) is 0. The first-order chi connectivity index (χ1) is 2.00. The first-order valence-corrected chi connectivity index (χ1v) is 3.09. The Kier molecular flexibility index (Phi) is 3.64. The van der Waals surface area contributed by atoms with Crippen molar-refractivity contribution in [2.75, 3.05) is 6.66 Å². The van der Waals surface area contributed by atoms with Crippen molar-refractivity contribution in [1.29, 1.82) is 0 Å². The summed E-state index contributed by atoms with van der Waals surface area (Å²) in [5, 5.41) is 0. The van der Waals surface area contributed by atoms with Gasteiger partial charge in [0.2, 0.25) is 0 Å². The van der Waals surface area contributed by atoms with E-state index in [0.717, 1.165) is 6.66 Å². The van der Waals surface area contributed by atoms with Crippen LogP contribution < -0.4 is 0 Å². The molecule has 0 heterocycles. The quantitative estimate of drug-likeness (QED) is 0.394. The van der Waals surface area contributed by atoms with E-state index in [1.165, 1.54) is 0 Å². The van der Waals surface area contributed by atoms with Crippen molar-refractivity contribution < 1.29 is 19.8 Å². The van der Waals surface area contributed by atoms with Gasteiger partial charge in [-0.2, -0.15) is 0 Å². The summed E-state index contributed by atoms with van der Waals surface area (Å²) in [4.78, 5) is 15.3. The molecule has 0 aliphatic rings. The van der Waals surface area contributed by atoms with Crippen LogP contribution in [0.5, 0.6) is 0 Å². The zero-order valence-corrected chi connectivity index (χ0v) is 4.14. The van der Waals surface area contributed by atoms with Gasteiger partial charge in [-0.1, -0.05) is 0 Å². The fourth-order valence-electron chi connectivity index (χ4n) is 0. The predicted molar refractivity (Wildman–Crippen MR) is 21.6 cm³/mol. The minimum Gasteiger partial charge on any atom is -0.412 e. The van der Waals surface area contributed by atoms with Gasteiger partial charge in [-0.15, -0.1) is 0 Å². The molecule has 0 aliphatic carbocycles. The van der Waals surface area contributed by atoms with Crippen LogP contribution >= 0.6 is 7.60 Å². The summed E-state index contributed by atoms with van der Waals surface area (Å²) in [6, 6.07) is 0. The lowest BCUT2D eigenvalue weighted by molar-refractivity contribution is 0.381. The summed E-state index contributed by atoms with van der Waals surface area (Å²) in [6.07, 6.45) is 0. The van der Waals surface area contributed by atoms with Gasteiger partial charge in [0.15, 0.2) is 0 Å². The van der Waals surface area contributed by atoms with Crippen molar-refractivity contribution in [3.63, 3.8) is 0 Å². The van der Waals surface area contributed by atoms with Gasteiger partial charge < -0.3 is 15.3 Å². The third-order valence-corrected chi connectivity index (χ3v) is 0. The maximum absolute atomic E-state index is 9.33. The highest BCUT2D eigenvalue weighted by Gasteiger charge is 1.95.